The van der Waals surface area contributed by atoms with Crippen molar-refractivity contribution in [3.05, 3.63) is 41.3 Å². The standard InChI is InChI=1S/C13H13ClN4O/c14-8-1-3-9(4-2-8)17-13(19)11-12(15)18(7-16-11)10-5-6-10/h1-4,7,10H,5-6,15H2,(H,17,19). The van der Waals surface area contributed by atoms with Gasteiger partial charge in [0.1, 0.15) is 5.82 Å². The molecule has 1 aromatic carbocycles. The average molecular weight is 277 g/mol. The molecule has 1 amide bonds. The van der Waals surface area contributed by atoms with E-state index in [0.717, 1.165) is 12.8 Å². The van der Waals surface area contributed by atoms with E-state index in [1.807, 2.05) is 4.57 Å². The van der Waals surface area contributed by atoms with E-state index in [9.17, 15) is 4.79 Å². The molecule has 0 atom stereocenters. The molecule has 6 heteroatoms. The number of hydrogen-bond acceptors (Lipinski definition) is 3. The average Bonchev–Trinajstić information content (AvgIpc) is 3.15. The summed E-state index contributed by atoms with van der Waals surface area (Å²) in [6, 6.07) is 7.29. The Morgan fingerprint density at radius 1 is 1.37 bits per heavy atom. The van der Waals surface area contributed by atoms with Gasteiger partial charge in [-0.1, -0.05) is 11.6 Å². The highest BCUT2D eigenvalue weighted by molar-refractivity contribution is 6.30. The third kappa shape index (κ3) is 2.42. The Morgan fingerprint density at radius 2 is 2.05 bits per heavy atom. The molecule has 1 saturated carbocycles. The highest BCUT2D eigenvalue weighted by atomic mass is 35.5. The number of nitrogen functional groups attached to an aromatic ring is 1. The van der Waals surface area contributed by atoms with Crippen LogP contribution in [0.2, 0.25) is 5.02 Å². The van der Waals surface area contributed by atoms with Crippen molar-refractivity contribution in [2.24, 2.45) is 0 Å². The molecule has 2 aromatic rings. The van der Waals surface area contributed by atoms with E-state index in [1.54, 1.807) is 30.6 Å². The zero-order chi connectivity index (χ0) is 13.4. The van der Waals surface area contributed by atoms with E-state index in [-0.39, 0.29) is 11.6 Å². The first-order valence-corrected chi connectivity index (χ1v) is 6.42. The van der Waals surface area contributed by atoms with Gasteiger partial charge >= 0.3 is 0 Å². The zero-order valence-corrected chi connectivity index (χ0v) is 10.9. The second-order valence-electron chi connectivity index (χ2n) is 4.58. The van der Waals surface area contributed by atoms with E-state index in [4.69, 9.17) is 17.3 Å². The number of carbonyl (C=O) groups excluding carboxylic acids is 1. The van der Waals surface area contributed by atoms with Crippen molar-refractivity contribution in [2.45, 2.75) is 18.9 Å². The number of rotatable bonds is 3. The normalized spacial score (nSPS) is 14.4. The summed E-state index contributed by atoms with van der Waals surface area (Å²) in [5.41, 5.74) is 6.87. The minimum atomic E-state index is -0.306. The SMILES string of the molecule is Nc1c(C(=O)Nc2ccc(Cl)cc2)ncn1C1CC1. The van der Waals surface area contributed by atoms with E-state index in [1.165, 1.54) is 0 Å². The number of nitrogens with one attached hydrogen (secondary N) is 1. The van der Waals surface area contributed by atoms with Crippen molar-refractivity contribution in [1.82, 2.24) is 9.55 Å². The Labute approximate surface area is 115 Å². The van der Waals surface area contributed by atoms with Gasteiger partial charge in [-0.05, 0) is 37.1 Å². The van der Waals surface area contributed by atoms with Crippen LogP contribution in [0, 0.1) is 0 Å². The van der Waals surface area contributed by atoms with Gasteiger partial charge in [0.05, 0.1) is 6.33 Å². The van der Waals surface area contributed by atoms with Crippen molar-refractivity contribution < 1.29 is 4.79 Å². The van der Waals surface area contributed by atoms with Gasteiger partial charge in [-0.15, -0.1) is 0 Å². The van der Waals surface area contributed by atoms with E-state index in [2.05, 4.69) is 10.3 Å². The number of aromatic nitrogens is 2. The van der Waals surface area contributed by atoms with E-state index in [0.29, 0.717) is 22.6 Å². The Bertz CT molecular complexity index is 616. The summed E-state index contributed by atoms with van der Waals surface area (Å²) in [4.78, 5) is 16.2. The van der Waals surface area contributed by atoms with Crippen molar-refractivity contribution in [3.8, 4) is 0 Å². The summed E-state index contributed by atoms with van der Waals surface area (Å²) in [5.74, 6) is 0.119. The molecule has 19 heavy (non-hydrogen) atoms. The van der Waals surface area contributed by atoms with Gasteiger partial charge < -0.3 is 15.6 Å². The highest BCUT2D eigenvalue weighted by Gasteiger charge is 2.27. The Balaban J connectivity index is 1.78. The first-order chi connectivity index (χ1) is 9.15. The maximum atomic E-state index is 12.1. The number of halogens is 1. The molecule has 1 heterocycles. The van der Waals surface area contributed by atoms with Crippen molar-refractivity contribution in [1.29, 1.82) is 0 Å². The number of anilines is 2. The van der Waals surface area contributed by atoms with Gasteiger partial charge in [0.15, 0.2) is 5.69 Å². The molecule has 0 bridgehead atoms. The molecule has 1 fully saturated rings. The minimum absolute atomic E-state index is 0.266. The predicted octanol–water partition coefficient (Wildman–Crippen LogP) is 2.71. The van der Waals surface area contributed by atoms with Crippen LogP contribution in [0.25, 0.3) is 0 Å². The summed E-state index contributed by atoms with van der Waals surface area (Å²) in [6.07, 6.45) is 3.82. The quantitative estimate of drug-likeness (QED) is 0.905. The van der Waals surface area contributed by atoms with Gasteiger partial charge in [0, 0.05) is 16.8 Å². The van der Waals surface area contributed by atoms with Crippen molar-refractivity contribution >= 4 is 29.0 Å². The molecular formula is C13H13ClN4O. The van der Waals surface area contributed by atoms with Crippen molar-refractivity contribution in [3.63, 3.8) is 0 Å². The molecule has 3 rings (SSSR count). The molecule has 0 unspecified atom stereocenters. The number of benzene rings is 1. The molecular weight excluding hydrogens is 264 g/mol. The van der Waals surface area contributed by atoms with E-state index < -0.39 is 0 Å². The van der Waals surface area contributed by atoms with Crippen LogP contribution >= 0.6 is 11.6 Å². The van der Waals surface area contributed by atoms with Crippen molar-refractivity contribution in [2.75, 3.05) is 11.1 Å². The molecule has 0 spiro atoms. The number of carbonyl (C=O) groups is 1. The molecule has 3 N–H and O–H groups in total. The highest BCUT2D eigenvalue weighted by Crippen LogP contribution is 2.37. The molecule has 5 nitrogen and oxygen atoms in total. The van der Waals surface area contributed by atoms with Crippen LogP contribution < -0.4 is 11.1 Å². The fourth-order valence-electron chi connectivity index (χ4n) is 1.91. The smallest absolute Gasteiger partial charge is 0.278 e. The molecule has 1 aliphatic rings. The number of nitrogens with two attached hydrogens (primary N) is 1. The van der Waals surface area contributed by atoms with Gasteiger partial charge in [0.25, 0.3) is 5.91 Å². The van der Waals surface area contributed by atoms with Crippen LogP contribution in [0.4, 0.5) is 11.5 Å². The summed E-state index contributed by atoms with van der Waals surface area (Å²) < 4.78 is 1.86. The first kappa shape index (κ1) is 12.0. The van der Waals surface area contributed by atoms with Gasteiger partial charge in [0.2, 0.25) is 0 Å². The second kappa shape index (κ2) is 4.59. The summed E-state index contributed by atoms with van der Waals surface area (Å²) >= 11 is 5.79. The number of imidazole rings is 1. The summed E-state index contributed by atoms with van der Waals surface area (Å²) in [7, 11) is 0. The zero-order valence-electron chi connectivity index (χ0n) is 10.1. The van der Waals surface area contributed by atoms with Crippen LogP contribution in [-0.4, -0.2) is 15.5 Å². The Hall–Kier alpha value is -2.01. The monoisotopic (exact) mass is 276 g/mol. The molecule has 1 aromatic heterocycles. The van der Waals surface area contributed by atoms with Crippen LogP contribution in [0.5, 0.6) is 0 Å². The number of nitrogens with zero attached hydrogens (tertiary/aromatic N) is 2. The third-order valence-electron chi connectivity index (χ3n) is 3.09. The summed E-state index contributed by atoms with van der Waals surface area (Å²) in [6.45, 7) is 0. The fourth-order valence-corrected chi connectivity index (χ4v) is 2.04. The van der Waals surface area contributed by atoms with Gasteiger partial charge in [-0.2, -0.15) is 0 Å². The van der Waals surface area contributed by atoms with Crippen LogP contribution in [-0.2, 0) is 0 Å². The largest absolute Gasteiger partial charge is 0.383 e. The third-order valence-corrected chi connectivity index (χ3v) is 3.34. The lowest BCUT2D eigenvalue weighted by Crippen LogP contribution is -2.15. The maximum Gasteiger partial charge on any atom is 0.278 e. The minimum Gasteiger partial charge on any atom is -0.383 e. The molecule has 0 radical (unpaired) electrons. The molecule has 1 aliphatic carbocycles. The molecule has 0 aliphatic heterocycles. The molecule has 98 valence electrons. The lowest BCUT2D eigenvalue weighted by atomic mass is 10.3. The lowest BCUT2D eigenvalue weighted by molar-refractivity contribution is 0.102. The first-order valence-electron chi connectivity index (χ1n) is 6.04. The van der Waals surface area contributed by atoms with Crippen LogP contribution in [0.1, 0.15) is 29.4 Å². The Kier molecular flexibility index (Phi) is 2.91. The number of hydrogen-bond donors (Lipinski definition) is 2. The lowest BCUT2D eigenvalue weighted by Gasteiger charge is -2.05. The van der Waals surface area contributed by atoms with Gasteiger partial charge in [-0.25, -0.2) is 4.98 Å². The number of amides is 1. The Morgan fingerprint density at radius 3 is 2.68 bits per heavy atom. The fraction of sp³-hybridized carbons (Fsp3) is 0.231. The predicted molar refractivity (Wildman–Crippen MR) is 74.3 cm³/mol. The topological polar surface area (TPSA) is 72.9 Å². The van der Waals surface area contributed by atoms with Crippen LogP contribution in [0.15, 0.2) is 30.6 Å². The van der Waals surface area contributed by atoms with E-state index >= 15 is 0 Å². The van der Waals surface area contributed by atoms with Crippen LogP contribution in [0.3, 0.4) is 0 Å². The maximum absolute atomic E-state index is 12.1. The van der Waals surface area contributed by atoms with Gasteiger partial charge in [-0.3, -0.25) is 4.79 Å². The molecule has 0 saturated heterocycles. The summed E-state index contributed by atoms with van der Waals surface area (Å²) in [5, 5.41) is 3.37. The second-order valence-corrected chi connectivity index (χ2v) is 5.01.